The van der Waals surface area contributed by atoms with Crippen molar-refractivity contribution in [1.29, 1.82) is 0 Å². The molecule has 1 aromatic rings. The van der Waals surface area contributed by atoms with Gasteiger partial charge in [-0.1, -0.05) is 6.07 Å². The first-order valence-corrected chi connectivity index (χ1v) is 4.32. The van der Waals surface area contributed by atoms with E-state index in [0.29, 0.717) is 12.1 Å². The molecular weight excluding hydrogens is 273 g/mol. The van der Waals surface area contributed by atoms with Crippen LogP contribution in [0.2, 0.25) is 0 Å². The third-order valence-electron chi connectivity index (χ3n) is 1.68. The minimum absolute atomic E-state index is 0.594. The summed E-state index contributed by atoms with van der Waals surface area (Å²) in [6, 6.07) is 2.06. The molecule has 0 saturated heterocycles. The van der Waals surface area contributed by atoms with Crippen molar-refractivity contribution in [3.63, 3.8) is 0 Å². The van der Waals surface area contributed by atoms with Crippen LogP contribution in [0.3, 0.4) is 0 Å². The van der Waals surface area contributed by atoms with E-state index >= 15 is 0 Å². The molecule has 0 aromatic heterocycles. The van der Waals surface area contributed by atoms with Crippen molar-refractivity contribution in [3.8, 4) is 11.5 Å². The lowest BCUT2D eigenvalue weighted by atomic mass is 10.2. The monoisotopic (exact) mass is 278 g/mol. The first kappa shape index (κ1) is 14.4. The van der Waals surface area contributed by atoms with E-state index in [1.807, 2.05) is 0 Å². The van der Waals surface area contributed by atoms with Crippen LogP contribution in [0.1, 0.15) is 12.0 Å². The number of benzene rings is 1. The SMILES string of the molecule is FC(F)Oc1c(OC(F)(F)F)cccc1C(F)F. The highest BCUT2D eigenvalue weighted by atomic mass is 19.4. The van der Waals surface area contributed by atoms with Crippen LogP contribution >= 0.6 is 0 Å². The van der Waals surface area contributed by atoms with Crippen molar-refractivity contribution in [3.05, 3.63) is 23.8 Å². The van der Waals surface area contributed by atoms with Crippen LogP contribution in [-0.4, -0.2) is 13.0 Å². The van der Waals surface area contributed by atoms with E-state index in [1.54, 1.807) is 0 Å². The molecule has 2 nitrogen and oxygen atoms in total. The Labute approximate surface area is 95.9 Å². The van der Waals surface area contributed by atoms with Gasteiger partial charge >= 0.3 is 13.0 Å². The average molecular weight is 278 g/mol. The molecule has 0 bridgehead atoms. The number of hydrogen-bond acceptors (Lipinski definition) is 2. The smallest absolute Gasteiger partial charge is 0.430 e. The fourth-order valence-electron chi connectivity index (χ4n) is 1.12. The second-order valence-corrected chi connectivity index (χ2v) is 2.90. The van der Waals surface area contributed by atoms with Crippen LogP contribution in [-0.2, 0) is 0 Å². The molecule has 102 valence electrons. The van der Waals surface area contributed by atoms with E-state index in [2.05, 4.69) is 9.47 Å². The van der Waals surface area contributed by atoms with Gasteiger partial charge in [-0.15, -0.1) is 13.2 Å². The molecule has 0 atom stereocenters. The highest BCUT2D eigenvalue weighted by molar-refractivity contribution is 5.47. The summed E-state index contributed by atoms with van der Waals surface area (Å²) >= 11 is 0. The fourth-order valence-corrected chi connectivity index (χ4v) is 1.12. The predicted molar refractivity (Wildman–Crippen MR) is 44.7 cm³/mol. The molecule has 0 unspecified atom stereocenters. The lowest BCUT2D eigenvalue weighted by molar-refractivity contribution is -0.275. The summed E-state index contributed by atoms with van der Waals surface area (Å²) in [6.45, 7) is -3.56. The molecule has 18 heavy (non-hydrogen) atoms. The Bertz CT molecular complexity index is 402. The maximum absolute atomic E-state index is 12.4. The summed E-state index contributed by atoms with van der Waals surface area (Å²) in [5, 5.41) is 0. The Morgan fingerprint density at radius 2 is 1.61 bits per heavy atom. The van der Waals surface area contributed by atoms with Gasteiger partial charge in [0.05, 0.1) is 5.56 Å². The summed E-state index contributed by atoms with van der Waals surface area (Å²) in [6.07, 6.45) is -8.49. The third-order valence-corrected chi connectivity index (χ3v) is 1.68. The first-order valence-electron chi connectivity index (χ1n) is 4.32. The summed E-state index contributed by atoms with van der Waals surface area (Å²) < 4.78 is 91.6. The molecule has 0 amide bonds. The van der Waals surface area contributed by atoms with Gasteiger partial charge in [0.15, 0.2) is 11.5 Å². The van der Waals surface area contributed by atoms with Gasteiger partial charge in [-0.2, -0.15) is 8.78 Å². The Morgan fingerprint density at radius 3 is 2.06 bits per heavy atom. The van der Waals surface area contributed by atoms with Gasteiger partial charge in [0, 0.05) is 0 Å². The Kier molecular flexibility index (Phi) is 4.25. The van der Waals surface area contributed by atoms with Gasteiger partial charge < -0.3 is 9.47 Å². The summed E-state index contributed by atoms with van der Waals surface area (Å²) in [5.41, 5.74) is -1.11. The normalized spacial score (nSPS) is 12.1. The molecule has 0 fully saturated rings. The lowest BCUT2D eigenvalue weighted by Gasteiger charge is -2.16. The van der Waals surface area contributed by atoms with Crippen LogP contribution in [0.4, 0.5) is 30.7 Å². The molecule has 1 aromatic carbocycles. The van der Waals surface area contributed by atoms with Crippen LogP contribution in [0, 0.1) is 0 Å². The summed E-state index contributed by atoms with van der Waals surface area (Å²) in [7, 11) is 0. The van der Waals surface area contributed by atoms with E-state index in [4.69, 9.17) is 0 Å². The Balaban J connectivity index is 3.19. The minimum Gasteiger partial charge on any atom is -0.430 e. The van der Waals surface area contributed by atoms with E-state index in [0.717, 1.165) is 6.07 Å². The fraction of sp³-hybridized carbons (Fsp3) is 0.333. The van der Waals surface area contributed by atoms with Crippen molar-refractivity contribution in [2.75, 3.05) is 0 Å². The maximum Gasteiger partial charge on any atom is 0.573 e. The number of halogens is 7. The number of hydrogen-bond donors (Lipinski definition) is 0. The highest BCUT2D eigenvalue weighted by Gasteiger charge is 2.34. The standard InChI is InChI=1S/C9H5F7O2/c10-7(11)4-2-1-3-5(18-9(14,15)16)6(4)17-8(12)13/h1-3,7-8H. The molecule has 1 rings (SSSR count). The zero-order chi connectivity index (χ0) is 13.9. The van der Waals surface area contributed by atoms with Gasteiger partial charge in [-0.3, -0.25) is 0 Å². The number of alkyl halides is 7. The summed E-state index contributed by atoms with van der Waals surface area (Å²) in [5.74, 6) is -2.58. The molecule has 9 heteroatoms. The van der Waals surface area contributed by atoms with Gasteiger partial charge in [-0.05, 0) is 12.1 Å². The zero-order valence-electron chi connectivity index (χ0n) is 8.35. The lowest BCUT2D eigenvalue weighted by Crippen LogP contribution is -2.18. The Hall–Kier alpha value is -1.67. The van der Waals surface area contributed by atoms with Gasteiger partial charge in [0.1, 0.15) is 0 Å². The van der Waals surface area contributed by atoms with Gasteiger partial charge in [0.2, 0.25) is 0 Å². The van der Waals surface area contributed by atoms with E-state index < -0.39 is 36.5 Å². The second kappa shape index (κ2) is 5.32. The van der Waals surface area contributed by atoms with Crippen molar-refractivity contribution in [1.82, 2.24) is 0 Å². The van der Waals surface area contributed by atoms with Crippen LogP contribution in [0.15, 0.2) is 18.2 Å². The van der Waals surface area contributed by atoms with Crippen LogP contribution < -0.4 is 9.47 Å². The van der Waals surface area contributed by atoms with E-state index in [-0.39, 0.29) is 0 Å². The number of rotatable bonds is 4. The summed E-state index contributed by atoms with van der Waals surface area (Å²) in [4.78, 5) is 0. The predicted octanol–water partition coefficient (Wildman–Crippen LogP) is 4.12. The van der Waals surface area contributed by atoms with Gasteiger partial charge in [-0.25, -0.2) is 8.78 Å². The molecule has 0 saturated carbocycles. The molecule has 0 aliphatic heterocycles. The number of para-hydroxylation sites is 1. The van der Waals surface area contributed by atoms with E-state index in [1.165, 1.54) is 0 Å². The maximum atomic E-state index is 12.4. The molecule has 0 aliphatic rings. The number of ether oxygens (including phenoxy) is 2. The van der Waals surface area contributed by atoms with Crippen molar-refractivity contribution in [2.45, 2.75) is 19.4 Å². The molecule has 0 N–H and O–H groups in total. The van der Waals surface area contributed by atoms with Gasteiger partial charge in [0.25, 0.3) is 6.43 Å². The van der Waals surface area contributed by atoms with Crippen molar-refractivity contribution < 1.29 is 40.2 Å². The second-order valence-electron chi connectivity index (χ2n) is 2.90. The molecule has 0 spiro atoms. The van der Waals surface area contributed by atoms with Crippen molar-refractivity contribution >= 4 is 0 Å². The zero-order valence-corrected chi connectivity index (χ0v) is 8.35. The van der Waals surface area contributed by atoms with Crippen LogP contribution in [0.25, 0.3) is 0 Å². The van der Waals surface area contributed by atoms with E-state index in [9.17, 15) is 30.7 Å². The first-order chi connectivity index (χ1) is 8.20. The third kappa shape index (κ3) is 3.97. The minimum atomic E-state index is -5.21. The van der Waals surface area contributed by atoms with Crippen molar-refractivity contribution in [2.24, 2.45) is 0 Å². The average Bonchev–Trinajstić information content (AvgIpc) is 2.17. The molecule has 0 heterocycles. The molecule has 0 radical (unpaired) electrons. The topological polar surface area (TPSA) is 18.5 Å². The largest absolute Gasteiger partial charge is 0.573 e. The quantitative estimate of drug-likeness (QED) is 0.771. The van der Waals surface area contributed by atoms with Crippen LogP contribution in [0.5, 0.6) is 11.5 Å². The molecule has 0 aliphatic carbocycles. The molecular formula is C9H5F7O2. The Morgan fingerprint density at radius 1 is 1.00 bits per heavy atom. The highest BCUT2D eigenvalue weighted by Crippen LogP contribution is 2.40.